The van der Waals surface area contributed by atoms with Crippen LogP contribution in [0, 0.1) is 0 Å². The summed E-state index contributed by atoms with van der Waals surface area (Å²) in [4.78, 5) is 29.2. The van der Waals surface area contributed by atoms with Crippen LogP contribution in [0.1, 0.15) is 12.8 Å². The van der Waals surface area contributed by atoms with Gasteiger partial charge in [-0.1, -0.05) is 0 Å². The molecule has 114 valence electrons. The van der Waals surface area contributed by atoms with E-state index in [0.29, 0.717) is 11.5 Å². The number of rotatable bonds is 5. The molecule has 8 nitrogen and oxygen atoms in total. The van der Waals surface area contributed by atoms with E-state index in [0.717, 1.165) is 19.4 Å². The van der Waals surface area contributed by atoms with Gasteiger partial charge in [0.2, 0.25) is 5.91 Å². The van der Waals surface area contributed by atoms with E-state index in [1.807, 2.05) is 11.9 Å². The topological polar surface area (TPSA) is 112 Å². The van der Waals surface area contributed by atoms with Gasteiger partial charge >= 0.3 is 0 Å². The highest BCUT2D eigenvalue weighted by Gasteiger charge is 2.27. The Kier molecular flexibility index (Phi) is 5.07. The van der Waals surface area contributed by atoms with Crippen molar-refractivity contribution in [3.63, 3.8) is 0 Å². The summed E-state index contributed by atoms with van der Waals surface area (Å²) in [6.07, 6.45) is 3.38. The van der Waals surface area contributed by atoms with Crippen LogP contribution in [0.25, 0.3) is 0 Å². The molecule has 21 heavy (non-hydrogen) atoms. The molecule has 0 aliphatic carbocycles. The van der Waals surface area contributed by atoms with E-state index in [4.69, 9.17) is 5.73 Å². The third-order valence-corrected chi connectivity index (χ3v) is 3.37. The lowest BCUT2D eigenvalue weighted by Crippen LogP contribution is -2.43. The van der Waals surface area contributed by atoms with Gasteiger partial charge in [0.15, 0.2) is 0 Å². The first-order chi connectivity index (χ1) is 10.1. The minimum atomic E-state index is -0.282. The first-order valence-corrected chi connectivity index (χ1v) is 6.82. The lowest BCUT2D eigenvalue weighted by atomic mass is 10.2. The van der Waals surface area contributed by atoms with Crippen LogP contribution in [0.3, 0.4) is 0 Å². The van der Waals surface area contributed by atoms with Gasteiger partial charge in [0.1, 0.15) is 5.82 Å². The Hall–Kier alpha value is -2.19. The molecule has 1 atom stereocenters. The van der Waals surface area contributed by atoms with Crippen molar-refractivity contribution in [3.8, 4) is 0 Å². The van der Waals surface area contributed by atoms with Gasteiger partial charge in [0, 0.05) is 0 Å². The molecule has 0 aromatic carbocycles. The molecule has 1 aromatic rings. The standard InChI is InChI=1S/C13H20N6O2/c1-19-6-2-3-10(19)13(21)18-17-11-5-4-9(8-15-11)16-12(20)7-14/h4-5,8,10H,2-3,6-7,14H2,1H3,(H,15,17)(H,16,20)(H,18,21). The first-order valence-electron chi connectivity index (χ1n) is 6.82. The number of amides is 2. The van der Waals surface area contributed by atoms with E-state index >= 15 is 0 Å². The number of hydrogen-bond donors (Lipinski definition) is 4. The minimum absolute atomic E-state index is 0.0719. The Labute approximate surface area is 123 Å². The summed E-state index contributed by atoms with van der Waals surface area (Å²) in [5.74, 6) is 0.141. The average Bonchev–Trinajstić information content (AvgIpc) is 2.92. The molecule has 2 rings (SSSR count). The SMILES string of the molecule is CN1CCCC1C(=O)NNc1ccc(NC(=O)CN)cn1. The van der Waals surface area contributed by atoms with Crippen LogP contribution in [0.4, 0.5) is 11.5 Å². The summed E-state index contributed by atoms with van der Waals surface area (Å²) >= 11 is 0. The number of carbonyl (C=O) groups is 2. The Morgan fingerprint density at radius 1 is 1.48 bits per heavy atom. The van der Waals surface area contributed by atoms with Crippen LogP contribution < -0.4 is 21.9 Å². The minimum Gasteiger partial charge on any atom is -0.324 e. The molecule has 2 amide bonds. The molecule has 8 heteroatoms. The molecular formula is C13H20N6O2. The van der Waals surface area contributed by atoms with Crippen molar-refractivity contribution in [2.45, 2.75) is 18.9 Å². The molecule has 0 bridgehead atoms. The number of aromatic nitrogens is 1. The quantitative estimate of drug-likeness (QED) is 0.545. The smallest absolute Gasteiger partial charge is 0.255 e. The Morgan fingerprint density at radius 2 is 2.29 bits per heavy atom. The number of carbonyl (C=O) groups excluding carboxylic acids is 2. The summed E-state index contributed by atoms with van der Waals surface area (Å²) in [5.41, 5.74) is 11.2. The van der Waals surface area contributed by atoms with Crippen molar-refractivity contribution in [1.29, 1.82) is 0 Å². The maximum Gasteiger partial charge on any atom is 0.255 e. The third-order valence-electron chi connectivity index (χ3n) is 3.37. The highest BCUT2D eigenvalue weighted by Crippen LogP contribution is 2.14. The molecule has 5 N–H and O–H groups in total. The number of nitrogens with zero attached hydrogens (tertiary/aromatic N) is 2. The zero-order valence-corrected chi connectivity index (χ0v) is 11.9. The fraction of sp³-hybridized carbons (Fsp3) is 0.462. The molecule has 1 unspecified atom stereocenters. The maximum absolute atomic E-state index is 12.0. The molecule has 0 spiro atoms. The second kappa shape index (κ2) is 7.00. The van der Waals surface area contributed by atoms with Crippen molar-refractivity contribution in [3.05, 3.63) is 18.3 Å². The number of anilines is 2. The van der Waals surface area contributed by atoms with Gasteiger partial charge in [-0.25, -0.2) is 4.98 Å². The average molecular weight is 292 g/mol. The first kappa shape index (κ1) is 15.2. The highest BCUT2D eigenvalue weighted by molar-refractivity contribution is 5.92. The number of likely N-dealkylation sites (N-methyl/N-ethyl adjacent to an activating group) is 1. The summed E-state index contributed by atoms with van der Waals surface area (Å²) in [6, 6.07) is 3.24. The third kappa shape index (κ3) is 4.14. The predicted molar refractivity (Wildman–Crippen MR) is 79.3 cm³/mol. The summed E-state index contributed by atoms with van der Waals surface area (Å²) in [7, 11) is 1.93. The summed E-state index contributed by atoms with van der Waals surface area (Å²) in [6.45, 7) is 0.858. The summed E-state index contributed by atoms with van der Waals surface area (Å²) < 4.78 is 0. The van der Waals surface area contributed by atoms with E-state index in [-0.39, 0.29) is 24.4 Å². The monoisotopic (exact) mass is 292 g/mol. The van der Waals surface area contributed by atoms with Crippen LogP contribution in [-0.4, -0.2) is 47.9 Å². The highest BCUT2D eigenvalue weighted by atomic mass is 16.2. The van der Waals surface area contributed by atoms with E-state index in [9.17, 15) is 9.59 Å². The largest absolute Gasteiger partial charge is 0.324 e. The van der Waals surface area contributed by atoms with Crippen molar-refractivity contribution in [2.75, 3.05) is 30.9 Å². The second-order valence-corrected chi connectivity index (χ2v) is 4.94. The van der Waals surface area contributed by atoms with E-state index in [1.54, 1.807) is 12.1 Å². The Bertz CT molecular complexity index is 504. The molecule has 1 fully saturated rings. The van der Waals surface area contributed by atoms with Crippen LogP contribution in [-0.2, 0) is 9.59 Å². The van der Waals surface area contributed by atoms with Crippen molar-refractivity contribution < 1.29 is 9.59 Å². The zero-order chi connectivity index (χ0) is 15.2. The molecular weight excluding hydrogens is 272 g/mol. The Balaban J connectivity index is 1.83. The van der Waals surface area contributed by atoms with Gasteiger partial charge in [-0.2, -0.15) is 0 Å². The van der Waals surface area contributed by atoms with Crippen LogP contribution in [0.15, 0.2) is 18.3 Å². The number of likely N-dealkylation sites (tertiary alicyclic amines) is 1. The van der Waals surface area contributed by atoms with E-state index in [2.05, 4.69) is 21.2 Å². The number of nitrogens with one attached hydrogen (secondary N) is 3. The second-order valence-electron chi connectivity index (χ2n) is 4.94. The lowest BCUT2D eigenvalue weighted by molar-refractivity contribution is -0.124. The van der Waals surface area contributed by atoms with Gasteiger partial charge in [0.25, 0.3) is 5.91 Å². The predicted octanol–water partition coefficient (Wildman–Crippen LogP) is -0.484. The summed E-state index contributed by atoms with van der Waals surface area (Å²) in [5, 5.41) is 2.59. The normalized spacial score (nSPS) is 18.3. The van der Waals surface area contributed by atoms with Crippen molar-refractivity contribution in [1.82, 2.24) is 15.3 Å². The Morgan fingerprint density at radius 3 is 2.86 bits per heavy atom. The number of hydrogen-bond acceptors (Lipinski definition) is 6. The molecule has 1 aliphatic rings. The molecule has 0 saturated carbocycles. The van der Waals surface area contributed by atoms with Crippen molar-refractivity contribution >= 4 is 23.3 Å². The van der Waals surface area contributed by atoms with Gasteiger partial charge in [-0.15, -0.1) is 0 Å². The number of nitrogens with two attached hydrogens (primary N) is 1. The van der Waals surface area contributed by atoms with Gasteiger partial charge < -0.3 is 11.1 Å². The van der Waals surface area contributed by atoms with Crippen LogP contribution >= 0.6 is 0 Å². The number of hydrazine groups is 1. The van der Waals surface area contributed by atoms with Crippen molar-refractivity contribution in [2.24, 2.45) is 5.73 Å². The van der Waals surface area contributed by atoms with E-state index < -0.39 is 0 Å². The molecule has 1 aromatic heterocycles. The lowest BCUT2D eigenvalue weighted by Gasteiger charge is -2.19. The van der Waals surface area contributed by atoms with Gasteiger partial charge in [-0.05, 0) is 38.6 Å². The number of pyridine rings is 1. The molecule has 0 radical (unpaired) electrons. The fourth-order valence-corrected chi connectivity index (χ4v) is 2.20. The van der Waals surface area contributed by atoms with Gasteiger partial charge in [-0.3, -0.25) is 25.3 Å². The van der Waals surface area contributed by atoms with Crippen LogP contribution in [0.5, 0.6) is 0 Å². The fourth-order valence-electron chi connectivity index (χ4n) is 2.20. The maximum atomic E-state index is 12.0. The van der Waals surface area contributed by atoms with Gasteiger partial charge in [0.05, 0.1) is 24.5 Å². The molecule has 1 aliphatic heterocycles. The molecule has 2 heterocycles. The zero-order valence-electron chi connectivity index (χ0n) is 11.9. The van der Waals surface area contributed by atoms with E-state index in [1.165, 1.54) is 6.20 Å². The van der Waals surface area contributed by atoms with Crippen LogP contribution in [0.2, 0.25) is 0 Å². The molecule has 1 saturated heterocycles.